The molecule has 1 unspecified atom stereocenters. The number of rotatable bonds is 4. The Bertz CT molecular complexity index is 579. The predicted molar refractivity (Wildman–Crippen MR) is 70.2 cm³/mol. The van der Waals surface area contributed by atoms with Gasteiger partial charge in [0, 0.05) is 12.5 Å². The molecule has 0 radical (unpaired) electrons. The molecule has 1 aromatic heterocycles. The van der Waals surface area contributed by atoms with Crippen LogP contribution in [0.15, 0.2) is 28.8 Å². The Morgan fingerprint density at radius 3 is 3.16 bits per heavy atom. The van der Waals surface area contributed by atoms with Gasteiger partial charge in [-0.05, 0) is 30.0 Å². The largest absolute Gasteiger partial charge is 0.444 e. The fraction of sp³-hybridized carbons (Fsp3) is 0.400. The fourth-order valence-electron chi connectivity index (χ4n) is 2.63. The van der Waals surface area contributed by atoms with Gasteiger partial charge in [0.25, 0.3) is 0 Å². The molecule has 0 amide bonds. The third-order valence-corrected chi connectivity index (χ3v) is 3.66. The number of nitrogens with one attached hydrogen (secondary N) is 1. The summed E-state index contributed by atoms with van der Waals surface area (Å²) in [5, 5.41) is 3.40. The molecule has 2 aromatic rings. The second kappa shape index (κ2) is 5.13. The highest BCUT2D eigenvalue weighted by Gasteiger charge is 2.24. The van der Waals surface area contributed by atoms with Crippen molar-refractivity contribution in [1.82, 2.24) is 10.3 Å². The Balaban J connectivity index is 1.68. The van der Waals surface area contributed by atoms with Gasteiger partial charge in [0.2, 0.25) is 5.89 Å². The Morgan fingerprint density at radius 1 is 1.47 bits per heavy atom. The molecule has 1 aliphatic rings. The first-order valence-electron chi connectivity index (χ1n) is 6.72. The molecule has 0 spiro atoms. The van der Waals surface area contributed by atoms with Gasteiger partial charge >= 0.3 is 0 Å². The van der Waals surface area contributed by atoms with E-state index in [9.17, 15) is 4.39 Å². The van der Waals surface area contributed by atoms with Crippen LogP contribution in [0.5, 0.6) is 0 Å². The molecule has 1 aromatic carbocycles. The minimum atomic E-state index is -0.0915. The molecule has 3 nitrogen and oxygen atoms in total. The van der Waals surface area contributed by atoms with E-state index >= 15 is 0 Å². The number of hydrogen-bond donors (Lipinski definition) is 1. The zero-order chi connectivity index (χ0) is 13.2. The van der Waals surface area contributed by atoms with E-state index in [0.717, 1.165) is 36.1 Å². The SMILES string of the molecule is CCc1cnc(CNC2CCc3c(F)cccc32)o1. The first kappa shape index (κ1) is 12.4. The van der Waals surface area contributed by atoms with Crippen LogP contribution in [-0.2, 0) is 19.4 Å². The van der Waals surface area contributed by atoms with E-state index in [-0.39, 0.29) is 11.9 Å². The van der Waals surface area contributed by atoms with Gasteiger partial charge in [-0.25, -0.2) is 9.37 Å². The molecule has 0 fully saturated rings. The highest BCUT2D eigenvalue weighted by molar-refractivity contribution is 5.35. The maximum absolute atomic E-state index is 13.6. The van der Waals surface area contributed by atoms with Gasteiger partial charge in [-0.1, -0.05) is 19.1 Å². The van der Waals surface area contributed by atoms with Crippen molar-refractivity contribution in [2.45, 2.75) is 38.8 Å². The van der Waals surface area contributed by atoms with Crippen molar-refractivity contribution >= 4 is 0 Å². The molecule has 0 aliphatic heterocycles. The molecular weight excluding hydrogens is 243 g/mol. The van der Waals surface area contributed by atoms with E-state index in [4.69, 9.17) is 4.42 Å². The number of halogens is 1. The third-order valence-electron chi connectivity index (χ3n) is 3.66. The molecule has 1 atom stereocenters. The van der Waals surface area contributed by atoms with Crippen LogP contribution in [0.4, 0.5) is 4.39 Å². The minimum absolute atomic E-state index is 0.0915. The summed E-state index contributed by atoms with van der Waals surface area (Å²) in [7, 11) is 0. The first-order valence-corrected chi connectivity index (χ1v) is 6.72. The quantitative estimate of drug-likeness (QED) is 0.917. The molecule has 3 rings (SSSR count). The molecule has 1 heterocycles. The van der Waals surface area contributed by atoms with Crippen LogP contribution in [0, 0.1) is 5.82 Å². The molecule has 100 valence electrons. The summed E-state index contributed by atoms with van der Waals surface area (Å²) in [6.07, 6.45) is 4.34. The van der Waals surface area contributed by atoms with Crippen molar-refractivity contribution in [3.05, 3.63) is 53.0 Å². The van der Waals surface area contributed by atoms with Gasteiger partial charge in [0.05, 0.1) is 12.7 Å². The monoisotopic (exact) mass is 260 g/mol. The van der Waals surface area contributed by atoms with Gasteiger partial charge < -0.3 is 9.73 Å². The molecule has 1 N–H and O–H groups in total. The van der Waals surface area contributed by atoms with Gasteiger partial charge in [0.15, 0.2) is 0 Å². The van der Waals surface area contributed by atoms with Crippen LogP contribution in [0.25, 0.3) is 0 Å². The molecular formula is C15H17FN2O. The van der Waals surface area contributed by atoms with Crippen molar-refractivity contribution in [1.29, 1.82) is 0 Å². The minimum Gasteiger partial charge on any atom is -0.444 e. The summed E-state index contributed by atoms with van der Waals surface area (Å²) in [5.74, 6) is 1.50. The van der Waals surface area contributed by atoms with Crippen molar-refractivity contribution in [2.75, 3.05) is 0 Å². The van der Waals surface area contributed by atoms with Crippen LogP contribution in [0.1, 0.15) is 42.2 Å². The molecule has 1 aliphatic carbocycles. The molecule has 19 heavy (non-hydrogen) atoms. The van der Waals surface area contributed by atoms with Gasteiger partial charge in [-0.15, -0.1) is 0 Å². The average Bonchev–Trinajstić information content (AvgIpc) is 3.03. The molecule has 0 saturated heterocycles. The Hall–Kier alpha value is -1.68. The number of fused-ring (bicyclic) bond motifs is 1. The first-order chi connectivity index (χ1) is 9.28. The van der Waals surface area contributed by atoms with E-state index in [1.54, 1.807) is 12.3 Å². The number of hydrogen-bond acceptors (Lipinski definition) is 3. The van der Waals surface area contributed by atoms with Crippen LogP contribution >= 0.6 is 0 Å². The van der Waals surface area contributed by atoms with Crippen LogP contribution in [0.3, 0.4) is 0 Å². The van der Waals surface area contributed by atoms with Gasteiger partial charge in [-0.3, -0.25) is 0 Å². The number of aryl methyl sites for hydroxylation is 1. The highest BCUT2D eigenvalue weighted by Crippen LogP contribution is 2.32. The van der Waals surface area contributed by atoms with Gasteiger partial charge in [-0.2, -0.15) is 0 Å². The summed E-state index contributed by atoms with van der Waals surface area (Å²) < 4.78 is 19.2. The average molecular weight is 260 g/mol. The maximum Gasteiger partial charge on any atom is 0.208 e. The highest BCUT2D eigenvalue weighted by atomic mass is 19.1. The van der Waals surface area contributed by atoms with Crippen LogP contribution in [-0.4, -0.2) is 4.98 Å². The number of oxazole rings is 1. The molecule has 4 heteroatoms. The lowest BCUT2D eigenvalue weighted by atomic mass is 10.1. The second-order valence-corrected chi connectivity index (χ2v) is 4.85. The summed E-state index contributed by atoms with van der Waals surface area (Å²) in [6.45, 7) is 2.62. The van der Waals surface area contributed by atoms with Crippen molar-refractivity contribution < 1.29 is 8.81 Å². The second-order valence-electron chi connectivity index (χ2n) is 4.85. The zero-order valence-corrected chi connectivity index (χ0v) is 10.9. The van der Waals surface area contributed by atoms with E-state index < -0.39 is 0 Å². The zero-order valence-electron chi connectivity index (χ0n) is 10.9. The number of benzene rings is 1. The normalized spacial score (nSPS) is 17.7. The maximum atomic E-state index is 13.6. The topological polar surface area (TPSA) is 38.1 Å². The fourth-order valence-corrected chi connectivity index (χ4v) is 2.63. The summed E-state index contributed by atoms with van der Waals surface area (Å²) in [5.41, 5.74) is 1.92. The van der Waals surface area contributed by atoms with E-state index in [1.807, 2.05) is 13.0 Å². The van der Waals surface area contributed by atoms with Crippen LogP contribution < -0.4 is 5.32 Å². The van der Waals surface area contributed by atoms with E-state index in [1.165, 1.54) is 6.07 Å². The van der Waals surface area contributed by atoms with E-state index in [0.29, 0.717) is 12.4 Å². The van der Waals surface area contributed by atoms with E-state index in [2.05, 4.69) is 10.3 Å². The summed E-state index contributed by atoms with van der Waals surface area (Å²) in [6, 6.07) is 5.50. The standard InChI is InChI=1S/C15H17FN2O/c1-2-10-8-18-15(19-10)9-17-14-7-6-11-12(14)4-3-5-13(11)16/h3-5,8,14,17H,2,6-7,9H2,1H3. The van der Waals surface area contributed by atoms with Crippen molar-refractivity contribution in [3.8, 4) is 0 Å². The lowest BCUT2D eigenvalue weighted by Gasteiger charge is -2.12. The Labute approximate surface area is 111 Å². The number of aromatic nitrogens is 1. The smallest absolute Gasteiger partial charge is 0.208 e. The van der Waals surface area contributed by atoms with Crippen LogP contribution in [0.2, 0.25) is 0 Å². The molecule has 0 bridgehead atoms. The molecule has 0 saturated carbocycles. The third kappa shape index (κ3) is 2.40. The van der Waals surface area contributed by atoms with Gasteiger partial charge in [0.1, 0.15) is 11.6 Å². The lowest BCUT2D eigenvalue weighted by molar-refractivity contribution is 0.416. The summed E-state index contributed by atoms with van der Waals surface area (Å²) in [4.78, 5) is 4.22. The number of nitrogens with zero attached hydrogens (tertiary/aromatic N) is 1. The van der Waals surface area contributed by atoms with Crippen molar-refractivity contribution in [2.24, 2.45) is 0 Å². The Morgan fingerprint density at radius 2 is 2.37 bits per heavy atom. The van der Waals surface area contributed by atoms with Crippen molar-refractivity contribution in [3.63, 3.8) is 0 Å². The summed E-state index contributed by atoms with van der Waals surface area (Å²) >= 11 is 0. The predicted octanol–water partition coefficient (Wildman–Crippen LogP) is 3.15. The lowest BCUT2D eigenvalue weighted by Crippen LogP contribution is -2.18. The Kier molecular flexibility index (Phi) is 3.34.